The number of halogens is 1. The Balaban J connectivity index is 1.31. The third-order valence-electron chi connectivity index (χ3n) is 9.95. The van der Waals surface area contributed by atoms with E-state index in [1.165, 1.54) is 0 Å². The first kappa shape index (κ1) is 25.7. The number of piperazine rings is 1. The van der Waals surface area contributed by atoms with Gasteiger partial charge >= 0.3 is 0 Å². The zero-order valence-corrected chi connectivity index (χ0v) is 23.4. The first-order valence-corrected chi connectivity index (χ1v) is 15.1. The van der Waals surface area contributed by atoms with Crippen molar-refractivity contribution in [2.75, 3.05) is 37.7 Å². The lowest BCUT2D eigenvalue weighted by Gasteiger charge is -2.36. The van der Waals surface area contributed by atoms with Gasteiger partial charge in [0.25, 0.3) is 0 Å². The fourth-order valence-corrected chi connectivity index (χ4v) is 8.01. The minimum Gasteiger partial charge on any atom is -0.508 e. The summed E-state index contributed by atoms with van der Waals surface area (Å²) in [7, 11) is 0. The number of ether oxygens (including phenoxy) is 1. The predicted octanol–water partition coefficient (Wildman–Crippen LogP) is 5.11. The molecule has 4 aliphatic heterocycles. The highest BCUT2D eigenvalue weighted by Crippen LogP contribution is 2.43. The molecule has 8 nitrogen and oxygen atoms in total. The summed E-state index contributed by atoms with van der Waals surface area (Å²) in [6.07, 6.45) is 8.18. The van der Waals surface area contributed by atoms with Gasteiger partial charge in [0.2, 0.25) is 5.88 Å². The van der Waals surface area contributed by atoms with E-state index in [4.69, 9.17) is 9.72 Å². The van der Waals surface area contributed by atoms with E-state index in [0.717, 1.165) is 75.5 Å². The second-order valence-corrected chi connectivity index (χ2v) is 12.4. The van der Waals surface area contributed by atoms with E-state index in [-0.39, 0.29) is 28.4 Å². The molecule has 0 spiro atoms. The molecule has 0 radical (unpaired) electrons. The minimum absolute atomic E-state index is 0.0377. The number of fused-ring (bicyclic) bond motifs is 5. The maximum Gasteiger partial charge on any atom is 0.234 e. The van der Waals surface area contributed by atoms with Crippen molar-refractivity contribution in [1.29, 1.82) is 5.26 Å². The molecule has 2 bridgehead atoms. The van der Waals surface area contributed by atoms with Gasteiger partial charge in [-0.15, -0.1) is 0 Å². The third kappa shape index (κ3) is 4.00. The van der Waals surface area contributed by atoms with Gasteiger partial charge in [-0.05, 0) is 74.5 Å². The molecule has 2 N–H and O–H groups in total. The molecular weight excluding hydrogens is 531 g/mol. The van der Waals surface area contributed by atoms with E-state index in [0.29, 0.717) is 40.9 Å². The van der Waals surface area contributed by atoms with Crippen LogP contribution in [0.3, 0.4) is 0 Å². The number of phenolic OH excluding ortho intramolecular Hbond substituents is 1. The quantitative estimate of drug-likeness (QED) is 0.345. The topological polar surface area (TPSA) is 97.5 Å². The van der Waals surface area contributed by atoms with Crippen molar-refractivity contribution in [1.82, 2.24) is 20.2 Å². The van der Waals surface area contributed by atoms with Gasteiger partial charge in [-0.1, -0.05) is 24.3 Å². The Morgan fingerprint density at radius 3 is 2.62 bits per heavy atom. The average Bonchev–Trinajstić information content (AvgIpc) is 3.68. The molecule has 42 heavy (non-hydrogen) atoms. The standard InChI is InChI=1S/C33H33FN6O2/c34-28-29(25-14-23(41)13-20-5-1-2-6-24(20)25)36-16-27-30(28)38-32(42-19-33-9-3-11-40(33)12-4-10-33)26(15-35)31(27)39-17-21-7-8-22(18-39)37-21/h1-2,5-6,13-14,16,21-22,37,41H,3-4,7-12,17-19H2. The average molecular weight is 565 g/mol. The van der Waals surface area contributed by atoms with Crippen LogP contribution < -0.4 is 15.0 Å². The molecule has 2 atom stereocenters. The van der Waals surface area contributed by atoms with Gasteiger partial charge in [0.15, 0.2) is 5.82 Å². The smallest absolute Gasteiger partial charge is 0.234 e. The van der Waals surface area contributed by atoms with Crippen LogP contribution in [0.15, 0.2) is 42.6 Å². The van der Waals surface area contributed by atoms with Crippen LogP contribution in [0, 0.1) is 17.1 Å². The summed E-state index contributed by atoms with van der Waals surface area (Å²) in [5.41, 5.74) is 1.70. The van der Waals surface area contributed by atoms with Gasteiger partial charge in [0, 0.05) is 42.3 Å². The highest BCUT2D eigenvalue weighted by Gasteiger charge is 2.45. The number of phenols is 1. The molecule has 2 unspecified atom stereocenters. The lowest BCUT2D eigenvalue weighted by molar-refractivity contribution is 0.111. The van der Waals surface area contributed by atoms with Crippen LogP contribution in [-0.2, 0) is 0 Å². The molecule has 4 fully saturated rings. The van der Waals surface area contributed by atoms with Crippen LogP contribution >= 0.6 is 0 Å². The fraction of sp³-hybridized carbons (Fsp3) is 0.424. The van der Waals surface area contributed by atoms with Gasteiger partial charge in [-0.25, -0.2) is 9.37 Å². The van der Waals surface area contributed by atoms with Gasteiger partial charge in [-0.3, -0.25) is 9.88 Å². The number of nitrogens with one attached hydrogen (secondary N) is 1. The van der Waals surface area contributed by atoms with Crippen LogP contribution in [0.2, 0.25) is 0 Å². The summed E-state index contributed by atoms with van der Waals surface area (Å²) in [6.45, 7) is 4.01. The third-order valence-corrected chi connectivity index (χ3v) is 9.95. The molecule has 2 aromatic heterocycles. The number of nitriles is 1. The number of benzene rings is 2. The first-order chi connectivity index (χ1) is 20.5. The van der Waals surface area contributed by atoms with Crippen molar-refractivity contribution in [3.8, 4) is 29.0 Å². The van der Waals surface area contributed by atoms with Crippen molar-refractivity contribution >= 4 is 27.4 Å². The Bertz CT molecular complexity index is 1750. The number of aromatic nitrogens is 2. The summed E-state index contributed by atoms with van der Waals surface area (Å²) < 4.78 is 23.2. The number of aromatic hydroxyl groups is 1. The van der Waals surface area contributed by atoms with Crippen LogP contribution in [0.4, 0.5) is 10.1 Å². The van der Waals surface area contributed by atoms with E-state index in [9.17, 15) is 10.4 Å². The maximum absolute atomic E-state index is 16.7. The lowest BCUT2D eigenvalue weighted by atomic mass is 9.95. The van der Waals surface area contributed by atoms with Crippen molar-refractivity contribution < 1.29 is 14.2 Å². The Morgan fingerprint density at radius 1 is 1.10 bits per heavy atom. The van der Waals surface area contributed by atoms with Crippen LogP contribution in [0.1, 0.15) is 44.1 Å². The summed E-state index contributed by atoms with van der Waals surface area (Å²) in [4.78, 5) is 14.0. The first-order valence-electron chi connectivity index (χ1n) is 15.1. The molecule has 0 aliphatic carbocycles. The molecule has 214 valence electrons. The van der Waals surface area contributed by atoms with Crippen LogP contribution in [0.5, 0.6) is 11.6 Å². The number of pyridine rings is 2. The molecule has 8 rings (SSSR count). The molecule has 9 heteroatoms. The molecule has 4 aromatic rings. The van der Waals surface area contributed by atoms with E-state index >= 15 is 4.39 Å². The molecule has 0 saturated carbocycles. The summed E-state index contributed by atoms with van der Waals surface area (Å²) in [6, 6.07) is 13.8. The highest BCUT2D eigenvalue weighted by molar-refractivity contribution is 6.01. The molecule has 6 heterocycles. The molecule has 4 aliphatic rings. The van der Waals surface area contributed by atoms with Gasteiger partial charge in [0.05, 0.1) is 11.2 Å². The lowest BCUT2D eigenvalue weighted by Crippen LogP contribution is -2.51. The largest absolute Gasteiger partial charge is 0.508 e. The molecule has 2 aromatic carbocycles. The Kier molecular flexibility index (Phi) is 5.99. The Labute approximate surface area is 243 Å². The minimum atomic E-state index is -0.585. The zero-order valence-electron chi connectivity index (χ0n) is 23.4. The normalized spacial score (nSPS) is 23.0. The molecule has 0 amide bonds. The predicted molar refractivity (Wildman–Crippen MR) is 159 cm³/mol. The van der Waals surface area contributed by atoms with E-state index in [1.807, 2.05) is 24.3 Å². The van der Waals surface area contributed by atoms with Crippen molar-refractivity contribution in [3.63, 3.8) is 0 Å². The number of rotatable bonds is 5. The van der Waals surface area contributed by atoms with Gasteiger partial charge < -0.3 is 20.1 Å². The maximum atomic E-state index is 16.7. The second kappa shape index (κ2) is 9.79. The van der Waals surface area contributed by atoms with Crippen LogP contribution in [-0.4, -0.2) is 70.4 Å². The monoisotopic (exact) mass is 564 g/mol. The zero-order chi connectivity index (χ0) is 28.4. The summed E-state index contributed by atoms with van der Waals surface area (Å²) >= 11 is 0. The molecule has 4 saturated heterocycles. The van der Waals surface area contributed by atoms with Gasteiger partial charge in [0.1, 0.15) is 35.2 Å². The van der Waals surface area contributed by atoms with Crippen molar-refractivity contribution in [3.05, 3.63) is 54.0 Å². The van der Waals surface area contributed by atoms with E-state index in [2.05, 4.69) is 26.2 Å². The molecular formula is C33H33FN6O2. The van der Waals surface area contributed by atoms with Crippen LogP contribution in [0.25, 0.3) is 32.9 Å². The Hall–Kier alpha value is -4.00. The fourth-order valence-electron chi connectivity index (χ4n) is 8.01. The number of anilines is 1. The summed E-state index contributed by atoms with van der Waals surface area (Å²) in [5.74, 6) is -0.356. The van der Waals surface area contributed by atoms with Gasteiger partial charge in [-0.2, -0.15) is 5.26 Å². The second-order valence-electron chi connectivity index (χ2n) is 12.4. The van der Waals surface area contributed by atoms with Crippen molar-refractivity contribution in [2.24, 2.45) is 0 Å². The number of nitrogens with zero attached hydrogens (tertiary/aromatic N) is 5. The van der Waals surface area contributed by atoms with E-state index in [1.54, 1.807) is 18.3 Å². The van der Waals surface area contributed by atoms with E-state index < -0.39 is 5.82 Å². The SMILES string of the molecule is N#Cc1c(OCC23CCCN2CCC3)nc2c(F)c(-c3cc(O)cc4ccccc34)ncc2c1N1CC2CCC(C1)N2. The number of hydrogen-bond donors (Lipinski definition) is 2. The number of hydrogen-bond acceptors (Lipinski definition) is 8. The van der Waals surface area contributed by atoms with Crippen molar-refractivity contribution in [2.45, 2.75) is 56.1 Å². The highest BCUT2D eigenvalue weighted by atomic mass is 19.1. The summed E-state index contributed by atoms with van der Waals surface area (Å²) in [5, 5.41) is 26.7. The Morgan fingerprint density at radius 2 is 1.86 bits per heavy atom.